The predicted octanol–water partition coefficient (Wildman–Crippen LogP) is 0.527. The smallest absolute Gasteiger partial charge is 0.261 e. The lowest BCUT2D eigenvalue weighted by Crippen LogP contribution is -2.49. The van der Waals surface area contributed by atoms with Gasteiger partial charge in [0, 0.05) is 32.0 Å². The number of amides is 1. The average molecular weight is 359 g/mol. The minimum absolute atomic E-state index is 0.0195. The van der Waals surface area contributed by atoms with E-state index in [1.165, 1.54) is 0 Å². The van der Waals surface area contributed by atoms with Gasteiger partial charge in [-0.05, 0) is 32.5 Å². The number of imidazole rings is 1. The van der Waals surface area contributed by atoms with Crippen molar-refractivity contribution in [3.63, 3.8) is 0 Å². The van der Waals surface area contributed by atoms with Crippen LogP contribution in [0.2, 0.25) is 0 Å². The lowest BCUT2D eigenvalue weighted by molar-refractivity contribution is -0.0626. The maximum atomic E-state index is 12.6. The van der Waals surface area contributed by atoms with Gasteiger partial charge in [-0.25, -0.2) is 4.98 Å². The molecule has 0 aliphatic carbocycles. The molecule has 140 valence electrons. The average Bonchev–Trinajstić information content (AvgIpc) is 2.97. The van der Waals surface area contributed by atoms with Crippen LogP contribution in [-0.2, 0) is 11.8 Å². The summed E-state index contributed by atoms with van der Waals surface area (Å²) in [5.41, 5.74) is 2.20. The molecule has 8 nitrogen and oxygen atoms in total. The van der Waals surface area contributed by atoms with E-state index in [1.807, 2.05) is 24.9 Å². The number of nitrogens with zero attached hydrogens (tertiary/aromatic N) is 3. The Kier molecular flexibility index (Phi) is 5.24. The molecule has 8 heteroatoms. The first-order chi connectivity index (χ1) is 12.4. The summed E-state index contributed by atoms with van der Waals surface area (Å²) in [5, 5.41) is 2.86. The molecule has 1 aliphatic heterocycles. The standard InChI is InChI=1S/C18H25N5O3/c1-11-7-12(2)21-18(25)15(11)17(24)20-9-14-16(22(3)5-6-26-14)13-8-19-10-23(13)4/h7-8,10,14,16H,5-6,9H2,1-4H3,(H,20,24)(H,21,25)/t14-,16-/m0/s1. The second-order valence-corrected chi connectivity index (χ2v) is 6.81. The zero-order chi connectivity index (χ0) is 18.8. The Morgan fingerprint density at radius 3 is 2.85 bits per heavy atom. The second-order valence-electron chi connectivity index (χ2n) is 6.81. The van der Waals surface area contributed by atoms with Crippen LogP contribution in [0.1, 0.15) is 33.4 Å². The third-order valence-corrected chi connectivity index (χ3v) is 4.82. The molecule has 2 N–H and O–H groups in total. The highest BCUT2D eigenvalue weighted by atomic mass is 16.5. The fraction of sp³-hybridized carbons (Fsp3) is 0.500. The number of rotatable bonds is 4. The molecule has 2 atom stereocenters. The number of ether oxygens (including phenoxy) is 1. The number of carbonyl (C=O) groups excluding carboxylic acids is 1. The van der Waals surface area contributed by atoms with Gasteiger partial charge in [-0.15, -0.1) is 0 Å². The van der Waals surface area contributed by atoms with Gasteiger partial charge in [0.1, 0.15) is 5.56 Å². The molecular formula is C18H25N5O3. The topological polar surface area (TPSA) is 92.2 Å². The van der Waals surface area contributed by atoms with E-state index in [-0.39, 0.29) is 29.2 Å². The van der Waals surface area contributed by atoms with E-state index in [4.69, 9.17) is 4.74 Å². The summed E-state index contributed by atoms with van der Waals surface area (Å²) in [4.78, 5) is 33.8. The zero-order valence-electron chi connectivity index (χ0n) is 15.6. The van der Waals surface area contributed by atoms with Crippen molar-refractivity contribution in [1.82, 2.24) is 24.8 Å². The largest absolute Gasteiger partial charge is 0.373 e. The second kappa shape index (κ2) is 7.43. The van der Waals surface area contributed by atoms with Gasteiger partial charge < -0.3 is 19.6 Å². The minimum atomic E-state index is -0.385. The number of aryl methyl sites for hydroxylation is 3. The van der Waals surface area contributed by atoms with Gasteiger partial charge in [-0.2, -0.15) is 0 Å². The zero-order valence-corrected chi connectivity index (χ0v) is 15.6. The van der Waals surface area contributed by atoms with Crippen LogP contribution in [0, 0.1) is 13.8 Å². The van der Waals surface area contributed by atoms with Crippen LogP contribution in [0.5, 0.6) is 0 Å². The molecule has 2 aromatic heterocycles. The lowest BCUT2D eigenvalue weighted by atomic mass is 10.0. The first-order valence-corrected chi connectivity index (χ1v) is 8.65. The van der Waals surface area contributed by atoms with Crippen LogP contribution in [0.25, 0.3) is 0 Å². The summed E-state index contributed by atoms with van der Waals surface area (Å²) < 4.78 is 7.88. The van der Waals surface area contributed by atoms with Crippen molar-refractivity contribution >= 4 is 5.91 Å². The normalized spacial score (nSPS) is 20.9. The Balaban J connectivity index is 1.76. The van der Waals surface area contributed by atoms with E-state index in [2.05, 4.69) is 20.2 Å². The van der Waals surface area contributed by atoms with Crippen LogP contribution in [0.4, 0.5) is 0 Å². The Labute approximate surface area is 152 Å². The number of pyridine rings is 1. The van der Waals surface area contributed by atoms with Crippen molar-refractivity contribution in [2.45, 2.75) is 26.0 Å². The number of hydrogen-bond donors (Lipinski definition) is 2. The van der Waals surface area contributed by atoms with E-state index in [0.29, 0.717) is 18.7 Å². The van der Waals surface area contributed by atoms with Crippen LogP contribution in [-0.4, -0.2) is 58.2 Å². The van der Waals surface area contributed by atoms with E-state index in [0.717, 1.165) is 17.9 Å². The van der Waals surface area contributed by atoms with Crippen molar-refractivity contribution in [2.75, 3.05) is 26.7 Å². The maximum Gasteiger partial charge on any atom is 0.261 e. The molecule has 3 rings (SSSR count). The molecule has 0 unspecified atom stereocenters. The summed E-state index contributed by atoms with van der Waals surface area (Å²) in [6, 6.07) is 1.77. The van der Waals surface area contributed by atoms with Gasteiger partial charge >= 0.3 is 0 Å². The Morgan fingerprint density at radius 1 is 1.42 bits per heavy atom. The fourth-order valence-corrected chi connectivity index (χ4v) is 3.52. The maximum absolute atomic E-state index is 12.6. The number of carbonyl (C=O) groups is 1. The van der Waals surface area contributed by atoms with E-state index < -0.39 is 0 Å². The molecular weight excluding hydrogens is 334 g/mol. The fourth-order valence-electron chi connectivity index (χ4n) is 3.52. The molecule has 3 heterocycles. The summed E-state index contributed by atoms with van der Waals surface area (Å²) in [5.74, 6) is -0.385. The Bertz CT molecular complexity index is 857. The molecule has 1 aliphatic rings. The molecule has 0 radical (unpaired) electrons. The van der Waals surface area contributed by atoms with E-state index in [9.17, 15) is 9.59 Å². The van der Waals surface area contributed by atoms with Crippen molar-refractivity contribution < 1.29 is 9.53 Å². The number of aromatic nitrogens is 3. The van der Waals surface area contributed by atoms with Crippen LogP contribution >= 0.6 is 0 Å². The van der Waals surface area contributed by atoms with Crippen molar-refractivity contribution in [3.8, 4) is 0 Å². The molecule has 1 saturated heterocycles. The molecule has 0 bridgehead atoms. The van der Waals surface area contributed by atoms with E-state index >= 15 is 0 Å². The van der Waals surface area contributed by atoms with Gasteiger partial charge in [-0.3, -0.25) is 14.5 Å². The number of morpholine rings is 1. The minimum Gasteiger partial charge on any atom is -0.373 e. The van der Waals surface area contributed by atoms with Crippen LogP contribution in [0.15, 0.2) is 23.4 Å². The van der Waals surface area contributed by atoms with Gasteiger partial charge in [0.2, 0.25) is 0 Å². The highest BCUT2D eigenvalue weighted by Gasteiger charge is 2.33. The van der Waals surface area contributed by atoms with Gasteiger partial charge in [0.15, 0.2) is 0 Å². The number of nitrogens with one attached hydrogen (secondary N) is 2. The molecule has 0 spiro atoms. The summed E-state index contributed by atoms with van der Waals surface area (Å²) in [6.07, 6.45) is 3.35. The molecule has 0 aromatic carbocycles. The van der Waals surface area contributed by atoms with Crippen molar-refractivity contribution in [3.05, 3.63) is 51.5 Å². The third kappa shape index (κ3) is 3.56. The molecule has 0 saturated carbocycles. The molecule has 1 fully saturated rings. The quantitative estimate of drug-likeness (QED) is 0.831. The van der Waals surface area contributed by atoms with Gasteiger partial charge in [-0.1, -0.05) is 0 Å². The Hall–Kier alpha value is -2.45. The van der Waals surface area contributed by atoms with Gasteiger partial charge in [0.25, 0.3) is 11.5 Å². The van der Waals surface area contributed by atoms with Crippen LogP contribution < -0.4 is 10.9 Å². The number of hydrogen-bond acceptors (Lipinski definition) is 5. The van der Waals surface area contributed by atoms with Gasteiger partial charge in [0.05, 0.1) is 30.8 Å². The molecule has 1 amide bonds. The first-order valence-electron chi connectivity index (χ1n) is 8.65. The van der Waals surface area contributed by atoms with Crippen molar-refractivity contribution in [1.29, 1.82) is 0 Å². The summed E-state index contributed by atoms with van der Waals surface area (Å²) in [7, 11) is 3.97. The SMILES string of the molecule is Cc1cc(C)c(C(=O)NC[C@@H]2OCCN(C)[C@H]2c2cncn2C)c(=O)[nH]1. The predicted molar refractivity (Wildman–Crippen MR) is 97.2 cm³/mol. The molecule has 2 aromatic rings. The third-order valence-electron chi connectivity index (χ3n) is 4.82. The molecule has 26 heavy (non-hydrogen) atoms. The lowest BCUT2D eigenvalue weighted by Gasteiger charge is -2.39. The van der Waals surface area contributed by atoms with Crippen LogP contribution in [0.3, 0.4) is 0 Å². The summed E-state index contributed by atoms with van der Waals surface area (Å²) >= 11 is 0. The first kappa shape index (κ1) is 18.3. The highest BCUT2D eigenvalue weighted by Crippen LogP contribution is 2.27. The van der Waals surface area contributed by atoms with Crippen molar-refractivity contribution in [2.24, 2.45) is 7.05 Å². The van der Waals surface area contributed by atoms with E-state index in [1.54, 1.807) is 26.2 Å². The number of likely N-dealkylation sites (N-methyl/N-ethyl adjacent to an activating group) is 1. The monoisotopic (exact) mass is 359 g/mol. The Morgan fingerprint density at radius 2 is 2.19 bits per heavy atom. The number of aromatic amines is 1. The summed E-state index contributed by atoms with van der Waals surface area (Å²) in [6.45, 7) is 5.26. The highest BCUT2D eigenvalue weighted by molar-refractivity contribution is 5.95. The number of H-pyrrole nitrogens is 1.